The first kappa shape index (κ1) is 13.5. The zero-order chi connectivity index (χ0) is 13.7. The van der Waals surface area contributed by atoms with Gasteiger partial charge in [-0.1, -0.05) is 13.0 Å². The molecule has 19 heavy (non-hydrogen) atoms. The Kier molecular flexibility index (Phi) is 4.46. The molecule has 2 heterocycles. The molecular weight excluding hydrogens is 260 g/mol. The van der Waals surface area contributed by atoms with Crippen LogP contribution < -0.4 is 10.6 Å². The second-order valence-corrected chi connectivity index (χ2v) is 4.98. The van der Waals surface area contributed by atoms with Crippen molar-refractivity contribution in [2.45, 2.75) is 19.4 Å². The van der Waals surface area contributed by atoms with E-state index in [1.54, 1.807) is 30.5 Å². The van der Waals surface area contributed by atoms with E-state index < -0.39 is 0 Å². The monoisotopic (exact) mass is 276 g/mol. The maximum absolute atomic E-state index is 11.4. The van der Waals surface area contributed by atoms with Gasteiger partial charge in [0, 0.05) is 11.9 Å². The zero-order valence-electron chi connectivity index (χ0n) is 10.9. The van der Waals surface area contributed by atoms with Gasteiger partial charge in [-0.05, 0) is 30.0 Å². The molecule has 0 saturated heterocycles. The standard InChI is InChI=1S/C13H16N4OS/c1-3-9(11-5-4-8-19-11)15-12-7-6-10(16-17-12)13(18)14-2/h4-9H,3H2,1-2H3,(H,14,18)(H,15,17). The highest BCUT2D eigenvalue weighted by atomic mass is 32.1. The number of aromatic nitrogens is 2. The molecule has 0 aromatic carbocycles. The van der Waals surface area contributed by atoms with E-state index in [1.165, 1.54) is 4.88 Å². The van der Waals surface area contributed by atoms with Gasteiger partial charge in [-0.2, -0.15) is 0 Å². The number of rotatable bonds is 5. The lowest BCUT2D eigenvalue weighted by atomic mass is 10.2. The van der Waals surface area contributed by atoms with Crippen molar-refractivity contribution >= 4 is 23.1 Å². The van der Waals surface area contributed by atoms with Crippen LogP contribution in [0, 0.1) is 0 Å². The molecule has 0 aliphatic rings. The Balaban J connectivity index is 2.08. The van der Waals surface area contributed by atoms with Crippen LogP contribution in [0.3, 0.4) is 0 Å². The number of carbonyl (C=O) groups excluding carboxylic acids is 1. The van der Waals surface area contributed by atoms with Crippen molar-refractivity contribution in [2.75, 3.05) is 12.4 Å². The molecule has 1 unspecified atom stereocenters. The third-order valence-electron chi connectivity index (χ3n) is 2.74. The minimum atomic E-state index is -0.232. The molecule has 0 fully saturated rings. The summed E-state index contributed by atoms with van der Waals surface area (Å²) in [5, 5.41) is 15.8. The summed E-state index contributed by atoms with van der Waals surface area (Å²) in [4.78, 5) is 12.6. The first-order valence-electron chi connectivity index (χ1n) is 6.10. The fourth-order valence-corrected chi connectivity index (χ4v) is 2.56. The molecule has 0 radical (unpaired) electrons. The number of hydrogen-bond donors (Lipinski definition) is 2. The highest BCUT2D eigenvalue weighted by Gasteiger charge is 2.11. The van der Waals surface area contributed by atoms with E-state index in [9.17, 15) is 4.79 Å². The molecule has 0 saturated carbocycles. The summed E-state index contributed by atoms with van der Waals surface area (Å²) in [7, 11) is 1.57. The van der Waals surface area contributed by atoms with Gasteiger partial charge in [0.25, 0.3) is 5.91 Å². The van der Waals surface area contributed by atoms with Crippen molar-refractivity contribution in [3.05, 3.63) is 40.2 Å². The number of nitrogens with one attached hydrogen (secondary N) is 2. The van der Waals surface area contributed by atoms with E-state index in [2.05, 4.69) is 39.2 Å². The van der Waals surface area contributed by atoms with Crippen LogP contribution >= 0.6 is 11.3 Å². The average Bonchev–Trinajstić information content (AvgIpc) is 2.98. The van der Waals surface area contributed by atoms with Crippen LogP contribution in [-0.4, -0.2) is 23.2 Å². The van der Waals surface area contributed by atoms with Gasteiger partial charge in [-0.3, -0.25) is 4.79 Å². The van der Waals surface area contributed by atoms with Crippen molar-refractivity contribution in [1.29, 1.82) is 0 Å². The van der Waals surface area contributed by atoms with E-state index in [0.717, 1.165) is 6.42 Å². The largest absolute Gasteiger partial charge is 0.361 e. The lowest BCUT2D eigenvalue weighted by molar-refractivity contribution is 0.0957. The summed E-state index contributed by atoms with van der Waals surface area (Å²) >= 11 is 1.71. The third kappa shape index (κ3) is 3.29. The molecule has 5 nitrogen and oxygen atoms in total. The summed E-state index contributed by atoms with van der Waals surface area (Å²) < 4.78 is 0. The first-order chi connectivity index (χ1) is 9.24. The number of thiophene rings is 1. The smallest absolute Gasteiger partial charge is 0.271 e. The van der Waals surface area contributed by atoms with Crippen LogP contribution in [0.15, 0.2) is 29.6 Å². The minimum absolute atomic E-state index is 0.222. The second kappa shape index (κ2) is 6.29. The summed E-state index contributed by atoms with van der Waals surface area (Å²) in [5.41, 5.74) is 0.317. The zero-order valence-corrected chi connectivity index (χ0v) is 11.7. The summed E-state index contributed by atoms with van der Waals surface area (Å²) in [5.74, 6) is 0.442. The Morgan fingerprint density at radius 1 is 1.37 bits per heavy atom. The molecule has 2 aromatic heterocycles. The third-order valence-corrected chi connectivity index (χ3v) is 3.73. The predicted octanol–water partition coefficient (Wildman–Crippen LogP) is 2.46. The number of carbonyl (C=O) groups is 1. The Morgan fingerprint density at radius 2 is 2.21 bits per heavy atom. The van der Waals surface area contributed by atoms with Crippen LogP contribution in [0.5, 0.6) is 0 Å². The molecule has 2 aromatic rings. The molecule has 100 valence electrons. The van der Waals surface area contributed by atoms with Gasteiger partial charge in [-0.25, -0.2) is 0 Å². The first-order valence-corrected chi connectivity index (χ1v) is 6.98. The van der Waals surface area contributed by atoms with Crippen molar-refractivity contribution in [3.63, 3.8) is 0 Å². The predicted molar refractivity (Wildman–Crippen MR) is 76.4 cm³/mol. The Labute approximate surface area is 116 Å². The van der Waals surface area contributed by atoms with Crippen LogP contribution in [0.2, 0.25) is 0 Å². The maximum atomic E-state index is 11.4. The molecule has 6 heteroatoms. The Bertz CT molecular complexity index is 524. The van der Waals surface area contributed by atoms with Crippen LogP contribution in [0.4, 0.5) is 5.82 Å². The SMILES string of the molecule is CCC(Nc1ccc(C(=O)NC)nn1)c1cccs1. The molecule has 1 amide bonds. The molecular formula is C13H16N4OS. The molecule has 1 atom stereocenters. The topological polar surface area (TPSA) is 66.9 Å². The van der Waals surface area contributed by atoms with E-state index in [1.807, 2.05) is 6.07 Å². The normalized spacial score (nSPS) is 11.9. The maximum Gasteiger partial charge on any atom is 0.271 e. The van der Waals surface area contributed by atoms with Crippen molar-refractivity contribution in [1.82, 2.24) is 15.5 Å². The van der Waals surface area contributed by atoms with Gasteiger partial charge in [0.05, 0.1) is 6.04 Å². The van der Waals surface area contributed by atoms with Gasteiger partial charge in [0.2, 0.25) is 0 Å². The van der Waals surface area contributed by atoms with Crippen LogP contribution in [0.25, 0.3) is 0 Å². The van der Waals surface area contributed by atoms with E-state index >= 15 is 0 Å². The van der Waals surface area contributed by atoms with Crippen LogP contribution in [-0.2, 0) is 0 Å². The lowest BCUT2D eigenvalue weighted by Gasteiger charge is -2.15. The molecule has 0 aliphatic carbocycles. The summed E-state index contributed by atoms with van der Waals surface area (Å²) in [6.07, 6.45) is 0.958. The molecule has 0 bridgehead atoms. The lowest BCUT2D eigenvalue weighted by Crippen LogP contribution is -2.20. The highest BCUT2D eigenvalue weighted by Crippen LogP contribution is 2.25. The van der Waals surface area contributed by atoms with E-state index in [-0.39, 0.29) is 11.9 Å². The number of nitrogens with zero attached hydrogens (tertiary/aromatic N) is 2. The fraction of sp³-hybridized carbons (Fsp3) is 0.308. The van der Waals surface area contributed by atoms with Gasteiger partial charge < -0.3 is 10.6 Å². The molecule has 0 spiro atoms. The summed E-state index contributed by atoms with van der Waals surface area (Å²) in [6, 6.07) is 7.78. The van der Waals surface area contributed by atoms with Gasteiger partial charge in [0.15, 0.2) is 5.69 Å². The summed E-state index contributed by atoms with van der Waals surface area (Å²) in [6.45, 7) is 2.11. The highest BCUT2D eigenvalue weighted by molar-refractivity contribution is 7.10. The van der Waals surface area contributed by atoms with E-state index in [0.29, 0.717) is 11.5 Å². The number of hydrogen-bond acceptors (Lipinski definition) is 5. The second-order valence-electron chi connectivity index (χ2n) is 4.00. The Hall–Kier alpha value is -1.95. The number of amides is 1. The quantitative estimate of drug-likeness (QED) is 0.880. The molecule has 2 N–H and O–H groups in total. The molecule has 2 rings (SSSR count). The average molecular weight is 276 g/mol. The number of anilines is 1. The molecule has 0 aliphatic heterocycles. The van der Waals surface area contributed by atoms with Gasteiger partial charge in [-0.15, -0.1) is 21.5 Å². The van der Waals surface area contributed by atoms with Crippen molar-refractivity contribution in [3.8, 4) is 0 Å². The van der Waals surface area contributed by atoms with Gasteiger partial charge >= 0.3 is 0 Å². The fourth-order valence-electron chi connectivity index (χ4n) is 1.70. The van der Waals surface area contributed by atoms with Crippen molar-refractivity contribution < 1.29 is 4.79 Å². The Morgan fingerprint density at radius 3 is 2.74 bits per heavy atom. The minimum Gasteiger partial charge on any atom is -0.361 e. The van der Waals surface area contributed by atoms with E-state index in [4.69, 9.17) is 0 Å². The van der Waals surface area contributed by atoms with Crippen molar-refractivity contribution in [2.24, 2.45) is 0 Å². The van der Waals surface area contributed by atoms with Gasteiger partial charge in [0.1, 0.15) is 5.82 Å². The van der Waals surface area contributed by atoms with Crippen LogP contribution in [0.1, 0.15) is 34.8 Å².